The van der Waals surface area contributed by atoms with Gasteiger partial charge in [0, 0.05) is 12.1 Å². The van der Waals surface area contributed by atoms with E-state index in [1.165, 1.54) is 6.07 Å². The molecule has 0 bridgehead atoms. The lowest BCUT2D eigenvalue weighted by molar-refractivity contribution is 0.0965. The van der Waals surface area contributed by atoms with Crippen molar-refractivity contribution in [1.29, 1.82) is 0 Å². The molecule has 0 saturated heterocycles. The van der Waals surface area contributed by atoms with Crippen LogP contribution in [0.5, 0.6) is 0 Å². The molecule has 1 N–H and O–H groups in total. The number of hydrogen-bond donors (Lipinski definition) is 1. The van der Waals surface area contributed by atoms with Crippen LogP contribution in [0.4, 0.5) is 4.39 Å². The average Bonchev–Trinajstić information content (AvgIpc) is 2.53. The molecule has 1 aromatic rings. The fourth-order valence-corrected chi connectivity index (χ4v) is 1.35. The van der Waals surface area contributed by atoms with Gasteiger partial charge in [0.1, 0.15) is 5.82 Å². The Hall–Kier alpha value is -1.38. The first kappa shape index (κ1) is 10.7. The van der Waals surface area contributed by atoms with E-state index in [9.17, 15) is 9.18 Å². The van der Waals surface area contributed by atoms with Crippen LogP contribution in [-0.4, -0.2) is 5.91 Å². The van der Waals surface area contributed by atoms with Gasteiger partial charge in [-0.25, -0.2) is 4.39 Å². The molecule has 0 atom stereocenters. The minimum absolute atomic E-state index is 0.104. The lowest BCUT2D eigenvalue weighted by atomic mass is 10.1. The zero-order valence-corrected chi connectivity index (χ0v) is 8.65. The molecule has 76 valence electrons. The third-order valence-electron chi connectivity index (χ3n) is 2.07. The number of fused-ring (bicyclic) bond motifs is 1. The summed E-state index contributed by atoms with van der Waals surface area (Å²) in [6.45, 7) is 6.10. The number of aryl methyl sites for hydroxylation is 1. The first-order valence-electron chi connectivity index (χ1n) is 4.75. The molecule has 0 spiro atoms. The van der Waals surface area contributed by atoms with Gasteiger partial charge < -0.3 is 5.32 Å². The summed E-state index contributed by atoms with van der Waals surface area (Å²) in [4.78, 5) is 11.1. The summed E-state index contributed by atoms with van der Waals surface area (Å²) in [5, 5.41) is 2.63. The van der Waals surface area contributed by atoms with Gasteiger partial charge in [-0.1, -0.05) is 13.8 Å². The second-order valence-corrected chi connectivity index (χ2v) is 2.94. The summed E-state index contributed by atoms with van der Waals surface area (Å²) < 4.78 is 13.0. The maximum atomic E-state index is 13.0. The third kappa shape index (κ3) is 1.76. The summed E-state index contributed by atoms with van der Waals surface area (Å²) in [6.07, 6.45) is 0. The molecule has 1 amide bonds. The van der Waals surface area contributed by atoms with Crippen LogP contribution in [0, 0.1) is 12.7 Å². The van der Waals surface area contributed by atoms with Crippen molar-refractivity contribution >= 4 is 5.91 Å². The molecule has 1 heterocycles. The van der Waals surface area contributed by atoms with Crippen molar-refractivity contribution in [1.82, 2.24) is 5.32 Å². The molecular weight excluding hydrogens is 181 g/mol. The van der Waals surface area contributed by atoms with Gasteiger partial charge in [0.15, 0.2) is 0 Å². The van der Waals surface area contributed by atoms with Crippen molar-refractivity contribution in [2.45, 2.75) is 27.3 Å². The molecule has 1 aliphatic rings. The van der Waals surface area contributed by atoms with Crippen LogP contribution in [0.3, 0.4) is 0 Å². The van der Waals surface area contributed by atoms with E-state index in [4.69, 9.17) is 0 Å². The van der Waals surface area contributed by atoms with Crippen LogP contribution in [0.15, 0.2) is 12.1 Å². The molecule has 2 nitrogen and oxygen atoms in total. The highest BCUT2D eigenvalue weighted by molar-refractivity contribution is 5.98. The Balaban J connectivity index is 0.000000461. The summed E-state index contributed by atoms with van der Waals surface area (Å²) in [5.74, 6) is -0.349. The molecule has 0 radical (unpaired) electrons. The first-order chi connectivity index (χ1) is 6.68. The molecule has 0 unspecified atom stereocenters. The highest BCUT2D eigenvalue weighted by Crippen LogP contribution is 2.19. The highest BCUT2D eigenvalue weighted by Gasteiger charge is 2.19. The molecule has 14 heavy (non-hydrogen) atoms. The number of carbonyl (C=O) groups is 1. The fraction of sp³-hybridized carbons (Fsp3) is 0.364. The van der Waals surface area contributed by atoms with E-state index in [2.05, 4.69) is 5.32 Å². The molecular formula is C11H14FNO. The van der Waals surface area contributed by atoms with Crippen LogP contribution in [-0.2, 0) is 6.54 Å². The first-order valence-corrected chi connectivity index (χ1v) is 4.75. The molecule has 1 aromatic carbocycles. The predicted molar refractivity (Wildman–Crippen MR) is 53.7 cm³/mol. The lowest BCUT2D eigenvalue weighted by Crippen LogP contribution is -2.12. The predicted octanol–water partition coefficient (Wildman–Crippen LogP) is 2.40. The maximum Gasteiger partial charge on any atom is 0.251 e. The van der Waals surface area contributed by atoms with Gasteiger partial charge in [0.2, 0.25) is 0 Å². The van der Waals surface area contributed by atoms with E-state index in [-0.39, 0.29) is 11.7 Å². The summed E-state index contributed by atoms with van der Waals surface area (Å²) in [5.41, 5.74) is 1.88. The normalized spacial score (nSPS) is 12.7. The van der Waals surface area contributed by atoms with Crippen molar-refractivity contribution in [3.05, 3.63) is 34.6 Å². The minimum atomic E-state index is -0.245. The van der Waals surface area contributed by atoms with Crippen molar-refractivity contribution in [2.24, 2.45) is 0 Å². The fourth-order valence-electron chi connectivity index (χ4n) is 1.35. The number of halogens is 1. The topological polar surface area (TPSA) is 29.1 Å². The third-order valence-corrected chi connectivity index (χ3v) is 2.07. The van der Waals surface area contributed by atoms with Gasteiger partial charge in [-0.3, -0.25) is 4.79 Å². The Labute approximate surface area is 83.1 Å². The van der Waals surface area contributed by atoms with Gasteiger partial charge in [0.25, 0.3) is 5.91 Å². The quantitative estimate of drug-likeness (QED) is 0.676. The van der Waals surface area contributed by atoms with Crippen molar-refractivity contribution < 1.29 is 9.18 Å². The Morgan fingerprint density at radius 2 is 2.00 bits per heavy atom. The molecule has 0 saturated carbocycles. The van der Waals surface area contributed by atoms with Crippen molar-refractivity contribution in [3.8, 4) is 0 Å². The van der Waals surface area contributed by atoms with Crippen LogP contribution < -0.4 is 5.32 Å². The van der Waals surface area contributed by atoms with E-state index in [0.717, 1.165) is 5.56 Å². The second-order valence-electron chi connectivity index (χ2n) is 2.94. The lowest BCUT2D eigenvalue weighted by Gasteiger charge is -1.98. The van der Waals surface area contributed by atoms with E-state index in [1.54, 1.807) is 13.0 Å². The van der Waals surface area contributed by atoms with Gasteiger partial charge in [-0.05, 0) is 30.2 Å². The largest absolute Gasteiger partial charge is 0.348 e. The average molecular weight is 195 g/mol. The van der Waals surface area contributed by atoms with E-state index >= 15 is 0 Å². The Morgan fingerprint density at radius 3 is 2.64 bits per heavy atom. The van der Waals surface area contributed by atoms with Gasteiger partial charge in [-0.2, -0.15) is 0 Å². The number of carbonyl (C=O) groups excluding carboxylic acids is 1. The van der Waals surface area contributed by atoms with E-state index in [0.29, 0.717) is 17.7 Å². The van der Waals surface area contributed by atoms with Crippen LogP contribution >= 0.6 is 0 Å². The van der Waals surface area contributed by atoms with E-state index in [1.807, 2.05) is 13.8 Å². The second kappa shape index (κ2) is 4.22. The Morgan fingerprint density at radius 1 is 1.36 bits per heavy atom. The zero-order valence-electron chi connectivity index (χ0n) is 8.65. The number of hydrogen-bond acceptors (Lipinski definition) is 1. The highest BCUT2D eigenvalue weighted by atomic mass is 19.1. The van der Waals surface area contributed by atoms with Crippen LogP contribution in [0.2, 0.25) is 0 Å². The monoisotopic (exact) mass is 195 g/mol. The smallest absolute Gasteiger partial charge is 0.251 e. The van der Waals surface area contributed by atoms with Crippen LogP contribution in [0.25, 0.3) is 0 Å². The van der Waals surface area contributed by atoms with Crippen LogP contribution in [0.1, 0.15) is 35.3 Å². The standard InChI is InChI=1S/C9H8FNO.C2H6/c1-5-2-7-6(3-8(5)10)4-11-9(7)12;1-2/h2-3H,4H2,1H3,(H,11,12);1-2H3. The molecule has 0 fully saturated rings. The Bertz CT molecular complexity index is 361. The maximum absolute atomic E-state index is 13.0. The zero-order chi connectivity index (χ0) is 10.7. The summed E-state index contributed by atoms with van der Waals surface area (Å²) in [7, 11) is 0. The minimum Gasteiger partial charge on any atom is -0.348 e. The number of rotatable bonds is 0. The number of benzene rings is 1. The summed E-state index contributed by atoms with van der Waals surface area (Å²) >= 11 is 0. The number of nitrogens with one attached hydrogen (secondary N) is 1. The molecule has 3 heteroatoms. The number of amides is 1. The van der Waals surface area contributed by atoms with Gasteiger partial charge >= 0.3 is 0 Å². The SMILES string of the molecule is CC.Cc1cc2c(cc1F)CNC2=O. The molecule has 0 aromatic heterocycles. The molecule has 1 aliphatic heterocycles. The van der Waals surface area contributed by atoms with Gasteiger partial charge in [-0.15, -0.1) is 0 Å². The Kier molecular flexibility index (Phi) is 3.23. The molecule has 2 rings (SSSR count). The van der Waals surface area contributed by atoms with Gasteiger partial charge in [0.05, 0.1) is 0 Å². The van der Waals surface area contributed by atoms with E-state index < -0.39 is 0 Å². The van der Waals surface area contributed by atoms with Crippen molar-refractivity contribution in [2.75, 3.05) is 0 Å². The molecule has 0 aliphatic carbocycles. The summed E-state index contributed by atoms with van der Waals surface area (Å²) in [6, 6.07) is 3.01. The van der Waals surface area contributed by atoms with Crippen molar-refractivity contribution in [3.63, 3.8) is 0 Å².